The molecule has 0 spiro atoms. The van der Waals surface area contributed by atoms with Gasteiger partial charge in [-0.1, -0.05) is 48.5 Å². The molecule has 0 aliphatic heterocycles. The highest BCUT2D eigenvalue weighted by molar-refractivity contribution is 5.75. The van der Waals surface area contributed by atoms with Crippen molar-refractivity contribution in [1.82, 2.24) is 0 Å². The Morgan fingerprint density at radius 1 is 1.05 bits per heavy atom. The molecule has 0 aliphatic carbocycles. The van der Waals surface area contributed by atoms with Crippen molar-refractivity contribution < 1.29 is 14.3 Å². The number of hydrogen-bond donors (Lipinski definition) is 0. The fourth-order valence-electron chi connectivity index (χ4n) is 1.78. The van der Waals surface area contributed by atoms with Gasteiger partial charge in [-0.05, 0) is 17.7 Å². The third-order valence-electron chi connectivity index (χ3n) is 2.87. The number of carbonyl (C=O) groups is 1. The summed E-state index contributed by atoms with van der Waals surface area (Å²) in [4.78, 5) is 11.6. The Morgan fingerprint density at radius 2 is 1.67 bits per heavy atom. The summed E-state index contributed by atoms with van der Waals surface area (Å²) < 4.78 is 5.86. The van der Waals surface area contributed by atoms with Crippen molar-refractivity contribution >= 4 is 12.2 Å². The first kappa shape index (κ1) is 14.8. The number of ether oxygens (including phenoxy) is 1. The van der Waals surface area contributed by atoms with Gasteiger partial charge in [-0.3, -0.25) is 4.79 Å². The lowest BCUT2D eigenvalue weighted by molar-refractivity contribution is -0.451. The van der Waals surface area contributed by atoms with E-state index in [2.05, 4.69) is 0 Å². The molecule has 0 radical (unpaired) electrons. The summed E-state index contributed by atoms with van der Waals surface area (Å²) in [6.07, 6.45) is 1.53. The van der Waals surface area contributed by atoms with Crippen molar-refractivity contribution in [2.24, 2.45) is 0 Å². The van der Waals surface area contributed by atoms with Gasteiger partial charge in [0.05, 0.1) is 0 Å². The molecule has 4 nitrogen and oxygen atoms in total. The molecule has 2 rings (SSSR count). The smallest absolute Gasteiger partial charge is 0.312 e. The van der Waals surface area contributed by atoms with Crippen molar-refractivity contribution in [2.75, 3.05) is 6.54 Å². The number of rotatable bonds is 6. The van der Waals surface area contributed by atoms with E-state index in [1.165, 1.54) is 6.21 Å². The Bertz CT molecular complexity index is 594. The van der Waals surface area contributed by atoms with Crippen LogP contribution in [0, 0.1) is 5.21 Å². The van der Waals surface area contributed by atoms with Gasteiger partial charge in [0.1, 0.15) is 13.0 Å². The zero-order valence-corrected chi connectivity index (χ0v) is 11.6. The lowest BCUT2D eigenvalue weighted by atomic mass is 10.2. The number of nitrogens with zero attached hydrogens (tertiary/aromatic N) is 1. The van der Waals surface area contributed by atoms with Gasteiger partial charge in [0.25, 0.3) is 0 Å². The molecule has 0 saturated heterocycles. The molecular weight excluding hydrogens is 266 g/mol. The van der Waals surface area contributed by atoms with Gasteiger partial charge in [-0.2, -0.15) is 0 Å². The fourth-order valence-corrected chi connectivity index (χ4v) is 1.78. The molecule has 0 heterocycles. The van der Waals surface area contributed by atoms with Crippen LogP contribution in [0.25, 0.3) is 0 Å². The molecule has 0 N–H and O–H groups in total. The van der Waals surface area contributed by atoms with Crippen LogP contribution in [-0.2, 0) is 16.1 Å². The summed E-state index contributed by atoms with van der Waals surface area (Å²) in [5.41, 5.74) is 1.74. The van der Waals surface area contributed by atoms with Crippen molar-refractivity contribution in [3.05, 3.63) is 77.0 Å². The van der Waals surface area contributed by atoms with Crippen molar-refractivity contribution in [3.63, 3.8) is 0 Å². The van der Waals surface area contributed by atoms with E-state index in [1.807, 2.05) is 60.7 Å². The standard InChI is InChI=1S/C17H17NO3/c19-17(21-14-16-9-5-2-6-10-16)11-12-18(20)13-15-7-3-1-4-8-15/h1-10,13H,11-12,14H2. The van der Waals surface area contributed by atoms with Crippen molar-refractivity contribution in [3.8, 4) is 0 Å². The lowest BCUT2D eigenvalue weighted by Gasteiger charge is -2.06. The van der Waals surface area contributed by atoms with Crippen LogP contribution in [0.4, 0.5) is 0 Å². The van der Waals surface area contributed by atoms with E-state index in [0.717, 1.165) is 15.9 Å². The van der Waals surface area contributed by atoms with E-state index in [4.69, 9.17) is 4.74 Å². The Morgan fingerprint density at radius 3 is 2.33 bits per heavy atom. The topological polar surface area (TPSA) is 52.4 Å². The Kier molecular flexibility index (Phi) is 5.52. The van der Waals surface area contributed by atoms with Crippen LogP contribution in [-0.4, -0.2) is 23.5 Å². The minimum absolute atomic E-state index is 0.0691. The van der Waals surface area contributed by atoms with Crippen LogP contribution in [0.5, 0.6) is 0 Å². The van der Waals surface area contributed by atoms with Crippen LogP contribution in [0.2, 0.25) is 0 Å². The normalized spacial score (nSPS) is 11.1. The van der Waals surface area contributed by atoms with E-state index in [1.54, 1.807) is 0 Å². The summed E-state index contributed by atoms with van der Waals surface area (Å²) in [7, 11) is 0. The second-order valence-corrected chi connectivity index (χ2v) is 4.58. The average Bonchev–Trinajstić information content (AvgIpc) is 2.53. The SMILES string of the molecule is O=C(CC[N+]([O-])=Cc1ccccc1)OCc1ccccc1. The maximum atomic E-state index is 11.6. The second kappa shape index (κ2) is 7.85. The van der Waals surface area contributed by atoms with Gasteiger partial charge in [0.2, 0.25) is 0 Å². The maximum absolute atomic E-state index is 11.6. The highest BCUT2D eigenvalue weighted by Gasteiger charge is 2.06. The van der Waals surface area contributed by atoms with Crippen LogP contribution < -0.4 is 0 Å². The van der Waals surface area contributed by atoms with Gasteiger partial charge in [-0.15, -0.1) is 0 Å². The Hall–Kier alpha value is -2.62. The predicted octanol–water partition coefficient (Wildman–Crippen LogP) is 2.75. The Labute approximate surface area is 123 Å². The van der Waals surface area contributed by atoms with E-state index in [-0.39, 0.29) is 25.5 Å². The molecule has 0 aliphatic rings. The summed E-state index contributed by atoms with van der Waals surface area (Å²) in [5.74, 6) is -0.374. The monoisotopic (exact) mass is 283 g/mol. The number of carbonyl (C=O) groups excluding carboxylic acids is 1. The largest absolute Gasteiger partial charge is 0.624 e. The molecule has 4 heteroatoms. The lowest BCUT2D eigenvalue weighted by Crippen LogP contribution is -2.14. The first-order chi connectivity index (χ1) is 10.2. The highest BCUT2D eigenvalue weighted by Crippen LogP contribution is 2.02. The molecule has 21 heavy (non-hydrogen) atoms. The fraction of sp³-hybridized carbons (Fsp3) is 0.176. The number of esters is 1. The first-order valence-corrected chi connectivity index (χ1v) is 6.77. The van der Waals surface area contributed by atoms with Crippen LogP contribution in [0.3, 0.4) is 0 Å². The number of hydroxylamine groups is 1. The Balaban J connectivity index is 1.75. The summed E-state index contributed by atoms with van der Waals surface area (Å²) in [5, 5.41) is 11.6. The first-order valence-electron chi connectivity index (χ1n) is 6.77. The van der Waals surface area contributed by atoms with Gasteiger partial charge in [0.15, 0.2) is 12.8 Å². The molecule has 0 saturated carbocycles. The molecule has 0 atom stereocenters. The maximum Gasteiger partial charge on any atom is 0.312 e. The van der Waals surface area contributed by atoms with Crippen molar-refractivity contribution in [2.45, 2.75) is 13.0 Å². The summed E-state index contributed by atoms with van der Waals surface area (Å²) in [6, 6.07) is 18.7. The highest BCUT2D eigenvalue weighted by atomic mass is 16.5. The molecule has 0 unspecified atom stereocenters. The molecule has 108 valence electrons. The molecule has 0 amide bonds. The number of hydrogen-bond acceptors (Lipinski definition) is 3. The van der Waals surface area contributed by atoms with Gasteiger partial charge >= 0.3 is 5.97 Å². The van der Waals surface area contributed by atoms with Crippen molar-refractivity contribution in [1.29, 1.82) is 0 Å². The molecule has 0 bridgehead atoms. The second-order valence-electron chi connectivity index (χ2n) is 4.58. The number of benzene rings is 2. The molecule has 2 aromatic rings. The van der Waals surface area contributed by atoms with E-state index >= 15 is 0 Å². The summed E-state index contributed by atoms with van der Waals surface area (Å²) in [6.45, 7) is 0.323. The third-order valence-corrected chi connectivity index (χ3v) is 2.87. The van der Waals surface area contributed by atoms with Gasteiger partial charge in [0, 0.05) is 5.56 Å². The van der Waals surface area contributed by atoms with E-state index in [9.17, 15) is 10.0 Å². The summed E-state index contributed by atoms with van der Waals surface area (Å²) >= 11 is 0. The zero-order chi connectivity index (χ0) is 14.9. The van der Waals surface area contributed by atoms with Crippen LogP contribution >= 0.6 is 0 Å². The average molecular weight is 283 g/mol. The van der Waals surface area contributed by atoms with E-state index < -0.39 is 0 Å². The molecular formula is C17H17NO3. The van der Waals surface area contributed by atoms with Crippen LogP contribution in [0.1, 0.15) is 17.5 Å². The van der Waals surface area contributed by atoms with Crippen LogP contribution in [0.15, 0.2) is 60.7 Å². The predicted molar refractivity (Wildman–Crippen MR) is 81.0 cm³/mol. The zero-order valence-electron chi connectivity index (χ0n) is 11.6. The van der Waals surface area contributed by atoms with E-state index in [0.29, 0.717) is 0 Å². The molecule has 2 aromatic carbocycles. The minimum Gasteiger partial charge on any atom is -0.624 e. The minimum atomic E-state index is -0.374. The molecule has 0 aromatic heterocycles. The molecule has 0 fully saturated rings. The third kappa shape index (κ3) is 5.48. The van der Waals surface area contributed by atoms with Gasteiger partial charge < -0.3 is 9.94 Å². The quantitative estimate of drug-likeness (QED) is 0.269. The van der Waals surface area contributed by atoms with Gasteiger partial charge in [-0.25, -0.2) is 4.74 Å².